The predicted octanol–water partition coefficient (Wildman–Crippen LogP) is 4.97. The zero-order chi connectivity index (χ0) is 22.6. The summed E-state index contributed by atoms with van der Waals surface area (Å²) in [5.74, 6) is -1.82. The van der Waals surface area contributed by atoms with Gasteiger partial charge in [-0.25, -0.2) is 9.37 Å². The first-order valence-electron chi connectivity index (χ1n) is 9.47. The molecule has 0 atom stereocenters. The average molecular weight is 468 g/mol. The van der Waals surface area contributed by atoms with E-state index in [9.17, 15) is 18.8 Å². The van der Waals surface area contributed by atoms with Gasteiger partial charge in [-0.15, -0.1) is 0 Å². The van der Waals surface area contributed by atoms with Gasteiger partial charge in [-0.2, -0.15) is 0 Å². The molecule has 0 saturated heterocycles. The highest BCUT2D eigenvalue weighted by Crippen LogP contribution is 2.30. The smallest absolute Gasteiger partial charge is 0.263 e. The monoisotopic (exact) mass is 467 g/mol. The van der Waals surface area contributed by atoms with Crippen molar-refractivity contribution in [2.24, 2.45) is 0 Å². The Labute approximate surface area is 190 Å². The molecule has 1 aliphatic heterocycles. The highest BCUT2D eigenvalue weighted by atomic mass is 35.5. The topological polar surface area (TPSA) is 72.3 Å². The quantitative estimate of drug-likeness (QED) is 0.399. The van der Waals surface area contributed by atoms with Crippen LogP contribution in [0.15, 0.2) is 60.7 Å². The van der Waals surface area contributed by atoms with Crippen molar-refractivity contribution in [2.45, 2.75) is 6.54 Å². The van der Waals surface area contributed by atoms with E-state index in [2.05, 4.69) is 4.98 Å². The van der Waals surface area contributed by atoms with Crippen LogP contribution in [0.25, 0.3) is 11.0 Å². The number of amides is 2. The van der Waals surface area contributed by atoms with Gasteiger partial charge in [-0.05, 0) is 48.5 Å². The zero-order valence-electron chi connectivity index (χ0n) is 16.2. The zero-order valence-corrected chi connectivity index (χ0v) is 17.7. The maximum atomic E-state index is 13.4. The van der Waals surface area contributed by atoms with Crippen molar-refractivity contribution < 1.29 is 18.8 Å². The Morgan fingerprint density at radius 2 is 1.50 bits per heavy atom. The summed E-state index contributed by atoms with van der Waals surface area (Å²) in [6.07, 6.45) is 0. The number of hydrogen-bond acceptors (Lipinski definition) is 4. The maximum Gasteiger partial charge on any atom is 0.263 e. The minimum Gasteiger partial charge on any atom is -0.269 e. The molecule has 0 fully saturated rings. The van der Waals surface area contributed by atoms with E-state index in [1.54, 1.807) is 24.3 Å². The molecule has 0 saturated carbocycles. The molecule has 2 amide bonds. The molecule has 0 spiro atoms. The lowest BCUT2D eigenvalue weighted by Gasteiger charge is -2.15. The standard InChI is InChI=1S/C23H12Cl2FN3O3/c24-16-9-18-19(10-17(16)25)29(21(30)12-5-7-13(26)8-6-12)20(27-18)11-28-22(31)14-3-1-2-4-15(14)23(28)32/h1-10H,11H2. The lowest BCUT2D eigenvalue weighted by molar-refractivity contribution is 0.0633. The van der Waals surface area contributed by atoms with Gasteiger partial charge in [0.15, 0.2) is 0 Å². The summed E-state index contributed by atoms with van der Waals surface area (Å²) >= 11 is 12.3. The van der Waals surface area contributed by atoms with Crippen LogP contribution in [0.4, 0.5) is 4.39 Å². The minimum absolute atomic E-state index is 0.141. The molecule has 5 rings (SSSR count). The first-order valence-corrected chi connectivity index (χ1v) is 10.2. The molecule has 9 heteroatoms. The first kappa shape index (κ1) is 20.4. The van der Waals surface area contributed by atoms with Crippen molar-refractivity contribution in [1.82, 2.24) is 14.5 Å². The van der Waals surface area contributed by atoms with Crippen molar-refractivity contribution in [2.75, 3.05) is 0 Å². The molecular weight excluding hydrogens is 456 g/mol. The second-order valence-electron chi connectivity index (χ2n) is 7.17. The third-order valence-corrected chi connectivity index (χ3v) is 5.96. The number of benzene rings is 3. The summed E-state index contributed by atoms with van der Waals surface area (Å²) in [4.78, 5) is 44.5. The van der Waals surface area contributed by atoms with Crippen LogP contribution in [0.5, 0.6) is 0 Å². The second kappa shape index (κ2) is 7.55. The van der Waals surface area contributed by atoms with E-state index in [0.29, 0.717) is 11.0 Å². The molecule has 0 unspecified atom stereocenters. The average Bonchev–Trinajstić information content (AvgIpc) is 3.24. The molecule has 6 nitrogen and oxygen atoms in total. The van der Waals surface area contributed by atoms with Crippen LogP contribution in [-0.2, 0) is 6.54 Å². The molecular formula is C23H12Cl2FN3O3. The molecule has 158 valence electrons. The number of nitrogens with zero attached hydrogens (tertiary/aromatic N) is 3. The molecule has 0 aliphatic carbocycles. The van der Waals surface area contributed by atoms with Crippen molar-refractivity contribution in [3.05, 3.63) is 99.0 Å². The van der Waals surface area contributed by atoms with Crippen LogP contribution >= 0.6 is 23.2 Å². The fourth-order valence-corrected chi connectivity index (χ4v) is 4.02. The van der Waals surface area contributed by atoms with Crippen LogP contribution < -0.4 is 0 Å². The van der Waals surface area contributed by atoms with Gasteiger partial charge in [-0.3, -0.25) is 23.9 Å². The molecule has 32 heavy (non-hydrogen) atoms. The Bertz CT molecular complexity index is 1410. The normalized spacial score (nSPS) is 13.2. The van der Waals surface area contributed by atoms with Crippen LogP contribution in [0.1, 0.15) is 36.9 Å². The number of carbonyl (C=O) groups excluding carboxylic acids is 3. The van der Waals surface area contributed by atoms with Gasteiger partial charge in [0.1, 0.15) is 11.6 Å². The maximum absolute atomic E-state index is 13.4. The Balaban J connectivity index is 1.64. The highest BCUT2D eigenvalue weighted by Gasteiger charge is 2.36. The Morgan fingerprint density at radius 1 is 0.906 bits per heavy atom. The number of rotatable bonds is 3. The first-order chi connectivity index (χ1) is 15.3. The Kier molecular flexibility index (Phi) is 4.80. The van der Waals surface area contributed by atoms with Gasteiger partial charge in [0, 0.05) is 5.56 Å². The van der Waals surface area contributed by atoms with Crippen molar-refractivity contribution in [3.8, 4) is 0 Å². The fourth-order valence-electron chi connectivity index (χ4n) is 3.70. The van der Waals surface area contributed by atoms with E-state index in [1.165, 1.54) is 41.0 Å². The molecule has 0 N–H and O–H groups in total. The molecule has 0 bridgehead atoms. The van der Waals surface area contributed by atoms with E-state index in [1.807, 2.05) is 0 Å². The molecule has 4 aromatic rings. The van der Waals surface area contributed by atoms with E-state index < -0.39 is 23.5 Å². The summed E-state index contributed by atoms with van der Waals surface area (Å²) in [5.41, 5.74) is 1.48. The molecule has 3 aromatic carbocycles. The fraction of sp³-hybridized carbons (Fsp3) is 0.0435. The number of aromatic nitrogens is 2. The summed E-state index contributed by atoms with van der Waals surface area (Å²) in [6, 6.07) is 14.5. The predicted molar refractivity (Wildman–Crippen MR) is 117 cm³/mol. The van der Waals surface area contributed by atoms with E-state index in [-0.39, 0.29) is 39.1 Å². The summed E-state index contributed by atoms with van der Waals surface area (Å²) in [7, 11) is 0. The summed E-state index contributed by atoms with van der Waals surface area (Å²) in [5, 5.41) is 0.449. The second-order valence-corrected chi connectivity index (χ2v) is 7.99. The van der Waals surface area contributed by atoms with Gasteiger partial charge in [0.05, 0.1) is 38.8 Å². The van der Waals surface area contributed by atoms with Crippen LogP contribution in [-0.4, -0.2) is 32.2 Å². The molecule has 1 aromatic heterocycles. The van der Waals surface area contributed by atoms with Crippen molar-refractivity contribution in [1.29, 1.82) is 0 Å². The summed E-state index contributed by atoms with van der Waals surface area (Å²) in [6.45, 7) is -0.247. The Morgan fingerprint density at radius 3 is 2.12 bits per heavy atom. The van der Waals surface area contributed by atoms with Crippen molar-refractivity contribution >= 4 is 52.0 Å². The van der Waals surface area contributed by atoms with Crippen molar-refractivity contribution in [3.63, 3.8) is 0 Å². The highest BCUT2D eigenvalue weighted by molar-refractivity contribution is 6.42. The Hall–Kier alpha value is -3.55. The van der Waals surface area contributed by atoms with E-state index >= 15 is 0 Å². The van der Waals surface area contributed by atoms with Gasteiger partial charge in [0.25, 0.3) is 17.7 Å². The number of halogens is 3. The summed E-state index contributed by atoms with van der Waals surface area (Å²) < 4.78 is 14.6. The number of carbonyl (C=O) groups is 3. The minimum atomic E-state index is -0.516. The third kappa shape index (κ3) is 3.18. The molecule has 1 aliphatic rings. The molecule has 0 radical (unpaired) electrons. The van der Waals surface area contributed by atoms with Gasteiger partial charge < -0.3 is 0 Å². The van der Waals surface area contributed by atoms with E-state index in [4.69, 9.17) is 23.2 Å². The largest absolute Gasteiger partial charge is 0.269 e. The van der Waals surface area contributed by atoms with Gasteiger partial charge in [0.2, 0.25) is 0 Å². The number of hydrogen-bond donors (Lipinski definition) is 0. The molecule has 2 heterocycles. The van der Waals surface area contributed by atoms with Crippen LogP contribution in [0.3, 0.4) is 0 Å². The van der Waals surface area contributed by atoms with Crippen LogP contribution in [0.2, 0.25) is 10.0 Å². The lowest BCUT2D eigenvalue weighted by atomic mass is 10.1. The van der Waals surface area contributed by atoms with Gasteiger partial charge >= 0.3 is 0 Å². The lowest BCUT2D eigenvalue weighted by Crippen LogP contribution is -2.31. The van der Waals surface area contributed by atoms with Gasteiger partial charge in [-0.1, -0.05) is 35.3 Å². The van der Waals surface area contributed by atoms with E-state index in [0.717, 1.165) is 4.90 Å². The number of fused-ring (bicyclic) bond motifs is 2. The SMILES string of the molecule is O=C1c2ccccc2C(=O)N1Cc1nc2cc(Cl)c(Cl)cc2n1C(=O)c1ccc(F)cc1. The number of imide groups is 1. The number of imidazole rings is 1. The third-order valence-electron chi connectivity index (χ3n) is 5.24. The van der Waals surface area contributed by atoms with Crippen LogP contribution in [0, 0.1) is 5.82 Å².